The molecule has 2 N–H and O–H groups in total. The van der Waals surface area contributed by atoms with Gasteiger partial charge in [-0.1, -0.05) is 12.1 Å². The van der Waals surface area contributed by atoms with Crippen LogP contribution in [-0.2, 0) is 11.3 Å². The number of amides is 1. The van der Waals surface area contributed by atoms with Crippen LogP contribution in [0.15, 0.2) is 24.3 Å². The number of carbonyl (C=O) groups is 1. The van der Waals surface area contributed by atoms with Crippen LogP contribution in [0.1, 0.15) is 11.1 Å². The highest BCUT2D eigenvalue weighted by Crippen LogP contribution is 2.11. The van der Waals surface area contributed by atoms with Gasteiger partial charge in [-0.25, -0.2) is 0 Å². The minimum absolute atomic E-state index is 0.215. The van der Waals surface area contributed by atoms with Crippen molar-refractivity contribution in [1.29, 1.82) is 5.26 Å². The normalized spacial score (nSPS) is 10.8. The van der Waals surface area contributed by atoms with E-state index < -0.39 is 18.6 Å². The first-order chi connectivity index (χ1) is 8.90. The van der Waals surface area contributed by atoms with Crippen LogP contribution in [-0.4, -0.2) is 25.2 Å². The molecule has 0 aliphatic rings. The van der Waals surface area contributed by atoms with Crippen LogP contribution >= 0.6 is 0 Å². The minimum Gasteiger partial charge on any atom is -0.346 e. The number of carbonyl (C=O) groups excluding carboxylic acids is 1. The Morgan fingerprint density at radius 3 is 2.74 bits per heavy atom. The molecule has 0 saturated carbocycles. The van der Waals surface area contributed by atoms with E-state index in [0.717, 1.165) is 5.56 Å². The maximum Gasteiger partial charge on any atom is 0.405 e. The second kappa shape index (κ2) is 6.75. The average molecular weight is 271 g/mol. The molecular formula is C12H12F3N3O. The summed E-state index contributed by atoms with van der Waals surface area (Å²) >= 11 is 0. The van der Waals surface area contributed by atoms with Gasteiger partial charge in [-0.3, -0.25) is 4.79 Å². The van der Waals surface area contributed by atoms with Crippen LogP contribution < -0.4 is 10.6 Å². The lowest BCUT2D eigenvalue weighted by molar-refractivity contribution is -0.137. The maximum atomic E-state index is 11.8. The van der Waals surface area contributed by atoms with Gasteiger partial charge >= 0.3 is 6.18 Å². The highest BCUT2D eigenvalue weighted by Gasteiger charge is 2.27. The number of benzene rings is 1. The van der Waals surface area contributed by atoms with Crippen molar-refractivity contribution in [3.8, 4) is 6.07 Å². The zero-order chi connectivity index (χ0) is 14.3. The van der Waals surface area contributed by atoms with Gasteiger partial charge in [-0.2, -0.15) is 18.4 Å². The van der Waals surface area contributed by atoms with E-state index in [1.165, 1.54) is 0 Å². The Hall–Kier alpha value is -2.07. The summed E-state index contributed by atoms with van der Waals surface area (Å²) in [7, 11) is 0. The molecule has 0 aromatic heterocycles. The molecule has 0 saturated heterocycles. The second-order valence-electron chi connectivity index (χ2n) is 3.81. The molecule has 0 radical (unpaired) electrons. The molecule has 0 atom stereocenters. The SMILES string of the molecule is N#Cc1cccc(CNCC(=O)NCC(F)(F)F)c1. The van der Waals surface area contributed by atoms with Crippen molar-refractivity contribution in [2.75, 3.05) is 13.1 Å². The third-order valence-electron chi connectivity index (χ3n) is 2.16. The third-order valence-corrected chi connectivity index (χ3v) is 2.16. The number of nitriles is 1. The molecule has 1 amide bonds. The van der Waals surface area contributed by atoms with Gasteiger partial charge in [0.2, 0.25) is 5.91 Å². The van der Waals surface area contributed by atoms with Gasteiger partial charge in [0.15, 0.2) is 0 Å². The smallest absolute Gasteiger partial charge is 0.346 e. The van der Waals surface area contributed by atoms with Crippen LogP contribution in [0.2, 0.25) is 0 Å². The number of hydrogen-bond donors (Lipinski definition) is 2. The number of hydrogen-bond acceptors (Lipinski definition) is 3. The van der Waals surface area contributed by atoms with Gasteiger partial charge < -0.3 is 10.6 Å². The van der Waals surface area contributed by atoms with E-state index in [4.69, 9.17) is 5.26 Å². The average Bonchev–Trinajstić information content (AvgIpc) is 2.36. The first kappa shape index (κ1) is 15.0. The van der Waals surface area contributed by atoms with Crippen LogP contribution in [0.5, 0.6) is 0 Å². The second-order valence-corrected chi connectivity index (χ2v) is 3.81. The van der Waals surface area contributed by atoms with Crippen molar-refractivity contribution in [3.63, 3.8) is 0 Å². The van der Waals surface area contributed by atoms with Crippen LogP contribution in [0, 0.1) is 11.3 Å². The first-order valence-corrected chi connectivity index (χ1v) is 5.44. The van der Waals surface area contributed by atoms with Crippen molar-refractivity contribution in [3.05, 3.63) is 35.4 Å². The molecule has 0 aliphatic heterocycles. The molecule has 7 heteroatoms. The van der Waals surface area contributed by atoms with E-state index in [9.17, 15) is 18.0 Å². The lowest BCUT2D eigenvalue weighted by Gasteiger charge is -2.09. The lowest BCUT2D eigenvalue weighted by Crippen LogP contribution is -2.39. The Balaban J connectivity index is 2.30. The molecule has 0 fully saturated rings. The van der Waals surface area contributed by atoms with Crippen molar-refractivity contribution in [2.24, 2.45) is 0 Å². The largest absolute Gasteiger partial charge is 0.405 e. The summed E-state index contributed by atoms with van der Waals surface area (Å²) in [5, 5.41) is 13.1. The van der Waals surface area contributed by atoms with E-state index in [2.05, 4.69) is 5.32 Å². The van der Waals surface area contributed by atoms with Gasteiger partial charge in [0.1, 0.15) is 6.54 Å². The Morgan fingerprint density at radius 1 is 1.37 bits per heavy atom. The summed E-state index contributed by atoms with van der Waals surface area (Å²) in [6, 6.07) is 8.69. The number of rotatable bonds is 5. The molecule has 4 nitrogen and oxygen atoms in total. The van der Waals surface area contributed by atoms with Gasteiger partial charge in [0.25, 0.3) is 0 Å². The highest BCUT2D eigenvalue weighted by atomic mass is 19.4. The molecule has 1 aromatic carbocycles. The zero-order valence-corrected chi connectivity index (χ0v) is 9.92. The van der Waals surface area contributed by atoms with Crippen LogP contribution in [0.25, 0.3) is 0 Å². The molecule has 1 aromatic rings. The molecule has 0 bridgehead atoms. The van der Waals surface area contributed by atoms with E-state index in [0.29, 0.717) is 12.1 Å². The molecular weight excluding hydrogens is 259 g/mol. The van der Waals surface area contributed by atoms with E-state index >= 15 is 0 Å². The van der Waals surface area contributed by atoms with Gasteiger partial charge in [-0.05, 0) is 17.7 Å². The van der Waals surface area contributed by atoms with Crippen molar-refractivity contribution >= 4 is 5.91 Å². The summed E-state index contributed by atoms with van der Waals surface area (Å²) in [5.41, 5.74) is 1.27. The summed E-state index contributed by atoms with van der Waals surface area (Å²) < 4.78 is 35.5. The standard InChI is InChI=1S/C12H12F3N3O/c13-12(14,15)8-18-11(19)7-17-6-10-3-1-2-9(4-10)5-16/h1-4,17H,6-8H2,(H,18,19). The monoisotopic (exact) mass is 271 g/mol. The van der Waals surface area contributed by atoms with E-state index in [-0.39, 0.29) is 6.54 Å². The summed E-state index contributed by atoms with van der Waals surface area (Å²) in [5.74, 6) is -0.728. The predicted molar refractivity (Wildman–Crippen MR) is 61.9 cm³/mol. The topological polar surface area (TPSA) is 64.9 Å². The number of halogens is 3. The van der Waals surface area contributed by atoms with Gasteiger partial charge in [0, 0.05) is 6.54 Å². The fourth-order valence-corrected chi connectivity index (χ4v) is 1.33. The summed E-state index contributed by atoms with van der Waals surface area (Å²) in [4.78, 5) is 11.1. The maximum absolute atomic E-state index is 11.8. The molecule has 0 heterocycles. The van der Waals surface area contributed by atoms with Crippen molar-refractivity contribution in [2.45, 2.75) is 12.7 Å². The Bertz CT molecular complexity index is 480. The molecule has 102 valence electrons. The van der Waals surface area contributed by atoms with E-state index in [1.807, 2.05) is 6.07 Å². The summed E-state index contributed by atoms with van der Waals surface area (Å²) in [6.45, 7) is -1.25. The quantitative estimate of drug-likeness (QED) is 0.849. The first-order valence-electron chi connectivity index (χ1n) is 5.44. The third kappa shape index (κ3) is 6.43. The molecule has 19 heavy (non-hydrogen) atoms. The molecule has 0 unspecified atom stereocenters. The lowest BCUT2D eigenvalue weighted by atomic mass is 10.1. The minimum atomic E-state index is -4.41. The molecule has 1 rings (SSSR count). The zero-order valence-electron chi connectivity index (χ0n) is 9.92. The number of nitrogens with one attached hydrogen (secondary N) is 2. The van der Waals surface area contributed by atoms with Gasteiger partial charge in [-0.15, -0.1) is 0 Å². The fourth-order valence-electron chi connectivity index (χ4n) is 1.33. The van der Waals surface area contributed by atoms with Gasteiger partial charge in [0.05, 0.1) is 18.2 Å². The molecule has 0 spiro atoms. The fraction of sp³-hybridized carbons (Fsp3) is 0.333. The molecule has 0 aliphatic carbocycles. The predicted octanol–water partition coefficient (Wildman–Crippen LogP) is 1.33. The number of nitrogens with zero attached hydrogens (tertiary/aromatic N) is 1. The van der Waals surface area contributed by atoms with E-state index in [1.54, 1.807) is 29.6 Å². The van der Waals surface area contributed by atoms with Crippen LogP contribution in [0.4, 0.5) is 13.2 Å². The summed E-state index contributed by atoms with van der Waals surface area (Å²) in [6.07, 6.45) is -4.41. The van der Waals surface area contributed by atoms with Crippen molar-refractivity contribution < 1.29 is 18.0 Å². The number of alkyl halides is 3. The Kier molecular flexibility index (Phi) is 5.33. The Labute approximate surface area is 108 Å². The van der Waals surface area contributed by atoms with Crippen molar-refractivity contribution in [1.82, 2.24) is 10.6 Å². The van der Waals surface area contributed by atoms with Crippen LogP contribution in [0.3, 0.4) is 0 Å². The highest BCUT2D eigenvalue weighted by molar-refractivity contribution is 5.78. The Morgan fingerprint density at radius 2 is 2.11 bits per heavy atom.